The van der Waals surface area contributed by atoms with Crippen LogP contribution >= 0.6 is 15.9 Å². The number of pyridine rings is 1. The van der Waals surface area contributed by atoms with Gasteiger partial charge in [-0.3, -0.25) is 9.88 Å². The fourth-order valence-corrected chi connectivity index (χ4v) is 4.29. The van der Waals surface area contributed by atoms with Gasteiger partial charge in [-0.05, 0) is 33.6 Å². The lowest BCUT2D eigenvalue weighted by atomic mass is 10.1. The van der Waals surface area contributed by atoms with Gasteiger partial charge in [0.2, 0.25) is 0 Å². The molecule has 7 heteroatoms. The van der Waals surface area contributed by atoms with Crippen LogP contribution < -0.4 is 0 Å². The number of halogens is 1. The fraction of sp³-hybridized carbons (Fsp3) is 0.357. The van der Waals surface area contributed by atoms with Crippen LogP contribution in [-0.4, -0.2) is 48.0 Å². The summed E-state index contributed by atoms with van der Waals surface area (Å²) in [5.74, 6) is 0.556. The molecule has 1 aromatic heterocycles. The Hall–Kier alpha value is -1.18. The third-order valence-corrected chi connectivity index (χ3v) is 5.95. The van der Waals surface area contributed by atoms with E-state index < -0.39 is 9.84 Å². The summed E-state index contributed by atoms with van der Waals surface area (Å²) in [6, 6.07) is 5.63. The lowest BCUT2D eigenvalue weighted by Gasteiger charge is -2.27. The molecule has 1 aliphatic heterocycles. The number of aromatic nitrogens is 1. The highest BCUT2D eigenvalue weighted by Crippen LogP contribution is 2.34. The smallest absolute Gasteiger partial charge is 0.156 e. The maximum absolute atomic E-state index is 11.5. The standard InChI is InChI=1S/C14H15BrN2O3S/c15-12-8-10(9-17-4-6-21(19,20)7-5-17)11-2-1-3-16-13(11)14(12)18/h1-3,8,18H,4-7,9H2. The number of aromatic hydroxyl groups is 1. The molecule has 1 saturated heterocycles. The Labute approximate surface area is 131 Å². The molecule has 1 N–H and O–H groups in total. The quantitative estimate of drug-likeness (QED) is 0.874. The summed E-state index contributed by atoms with van der Waals surface area (Å²) in [7, 11) is -2.87. The zero-order valence-electron chi connectivity index (χ0n) is 11.3. The van der Waals surface area contributed by atoms with Crippen molar-refractivity contribution in [3.63, 3.8) is 0 Å². The number of hydrogen-bond acceptors (Lipinski definition) is 5. The van der Waals surface area contributed by atoms with Gasteiger partial charge in [0, 0.05) is 31.2 Å². The highest BCUT2D eigenvalue weighted by atomic mass is 79.9. The number of benzene rings is 1. The van der Waals surface area contributed by atoms with Crippen molar-refractivity contribution in [1.29, 1.82) is 0 Å². The minimum Gasteiger partial charge on any atom is -0.505 e. The summed E-state index contributed by atoms with van der Waals surface area (Å²) in [5.41, 5.74) is 1.59. The molecule has 0 spiro atoms. The van der Waals surface area contributed by atoms with Crippen molar-refractivity contribution in [2.75, 3.05) is 24.6 Å². The Morgan fingerprint density at radius 2 is 2.05 bits per heavy atom. The molecule has 21 heavy (non-hydrogen) atoms. The van der Waals surface area contributed by atoms with E-state index in [1.807, 2.05) is 18.2 Å². The molecular weight excluding hydrogens is 356 g/mol. The second-order valence-corrected chi connectivity index (χ2v) is 8.35. The zero-order valence-corrected chi connectivity index (χ0v) is 13.7. The maximum atomic E-state index is 11.5. The molecule has 0 unspecified atom stereocenters. The molecule has 1 aromatic carbocycles. The van der Waals surface area contributed by atoms with Crippen molar-refractivity contribution in [1.82, 2.24) is 9.88 Å². The number of nitrogens with zero attached hydrogens (tertiary/aromatic N) is 2. The Kier molecular flexibility index (Phi) is 3.90. The largest absolute Gasteiger partial charge is 0.505 e. The van der Waals surface area contributed by atoms with Crippen LogP contribution in [0.1, 0.15) is 5.56 Å². The first kappa shape index (κ1) is 14.7. The predicted molar refractivity (Wildman–Crippen MR) is 85.0 cm³/mol. The lowest BCUT2D eigenvalue weighted by Crippen LogP contribution is -2.39. The number of rotatable bonds is 2. The Bertz CT molecular complexity index is 778. The Morgan fingerprint density at radius 1 is 1.33 bits per heavy atom. The van der Waals surface area contributed by atoms with Crippen molar-refractivity contribution in [2.24, 2.45) is 0 Å². The minimum absolute atomic E-state index is 0.135. The van der Waals surface area contributed by atoms with E-state index in [2.05, 4.69) is 25.8 Å². The highest BCUT2D eigenvalue weighted by Gasteiger charge is 2.22. The van der Waals surface area contributed by atoms with Gasteiger partial charge in [0.05, 0.1) is 16.0 Å². The van der Waals surface area contributed by atoms with Gasteiger partial charge >= 0.3 is 0 Å². The van der Waals surface area contributed by atoms with Crippen molar-refractivity contribution < 1.29 is 13.5 Å². The number of hydrogen-bond donors (Lipinski definition) is 1. The van der Waals surface area contributed by atoms with E-state index in [4.69, 9.17) is 0 Å². The van der Waals surface area contributed by atoms with E-state index in [1.165, 1.54) is 0 Å². The maximum Gasteiger partial charge on any atom is 0.156 e. The molecule has 0 aliphatic carbocycles. The molecule has 0 saturated carbocycles. The van der Waals surface area contributed by atoms with Crippen molar-refractivity contribution in [3.05, 3.63) is 34.4 Å². The molecule has 0 amide bonds. The van der Waals surface area contributed by atoms with Crippen LogP contribution in [0, 0.1) is 0 Å². The molecule has 5 nitrogen and oxygen atoms in total. The highest BCUT2D eigenvalue weighted by molar-refractivity contribution is 9.10. The molecule has 112 valence electrons. The molecular formula is C14H15BrN2O3S. The number of phenolic OH excluding ortho intramolecular Hbond substituents is 1. The van der Waals surface area contributed by atoms with Crippen molar-refractivity contribution >= 4 is 36.7 Å². The first-order valence-electron chi connectivity index (χ1n) is 6.64. The topological polar surface area (TPSA) is 70.5 Å². The van der Waals surface area contributed by atoms with E-state index in [0.717, 1.165) is 10.9 Å². The van der Waals surface area contributed by atoms with Gasteiger partial charge in [0.15, 0.2) is 15.6 Å². The first-order chi connectivity index (χ1) is 9.96. The molecule has 3 rings (SSSR count). The number of fused-ring (bicyclic) bond motifs is 1. The Balaban J connectivity index is 1.93. The van der Waals surface area contributed by atoms with Crippen LogP contribution in [-0.2, 0) is 16.4 Å². The SMILES string of the molecule is O=S1(=O)CCN(Cc2cc(Br)c(O)c3ncccc23)CC1. The summed E-state index contributed by atoms with van der Waals surface area (Å²) >= 11 is 3.35. The van der Waals surface area contributed by atoms with Gasteiger partial charge in [0.25, 0.3) is 0 Å². The van der Waals surface area contributed by atoms with Gasteiger partial charge in [-0.2, -0.15) is 0 Å². The summed E-state index contributed by atoms with van der Waals surface area (Å²) in [4.78, 5) is 6.34. The first-order valence-corrected chi connectivity index (χ1v) is 9.25. The van der Waals surface area contributed by atoms with Gasteiger partial charge in [-0.15, -0.1) is 0 Å². The summed E-state index contributed by atoms with van der Waals surface area (Å²) < 4.78 is 23.6. The third-order valence-electron chi connectivity index (χ3n) is 3.74. The molecule has 0 atom stereocenters. The monoisotopic (exact) mass is 370 g/mol. The minimum atomic E-state index is -2.87. The van der Waals surface area contributed by atoms with Crippen LogP contribution in [0.3, 0.4) is 0 Å². The van der Waals surface area contributed by atoms with Crippen molar-refractivity contribution in [2.45, 2.75) is 6.54 Å². The molecule has 1 fully saturated rings. The van der Waals surface area contributed by atoms with Gasteiger partial charge in [0.1, 0.15) is 5.52 Å². The zero-order chi connectivity index (χ0) is 15.0. The molecule has 0 radical (unpaired) electrons. The van der Waals surface area contributed by atoms with Crippen LogP contribution in [0.4, 0.5) is 0 Å². The normalized spacial score (nSPS) is 18.9. The lowest BCUT2D eigenvalue weighted by molar-refractivity contribution is 0.288. The second-order valence-electron chi connectivity index (χ2n) is 5.19. The average molecular weight is 371 g/mol. The number of sulfone groups is 1. The van der Waals surface area contributed by atoms with Crippen LogP contribution in [0.15, 0.2) is 28.9 Å². The van der Waals surface area contributed by atoms with Crippen LogP contribution in [0.5, 0.6) is 5.75 Å². The van der Waals surface area contributed by atoms with E-state index in [-0.39, 0.29) is 17.3 Å². The van der Waals surface area contributed by atoms with E-state index in [9.17, 15) is 13.5 Å². The van der Waals surface area contributed by atoms with Crippen molar-refractivity contribution in [3.8, 4) is 5.75 Å². The Morgan fingerprint density at radius 3 is 2.76 bits per heavy atom. The number of phenols is 1. The van der Waals surface area contributed by atoms with Crippen LogP contribution in [0.2, 0.25) is 0 Å². The summed E-state index contributed by atoms with van der Waals surface area (Å²) in [6.45, 7) is 1.74. The fourth-order valence-electron chi connectivity index (χ4n) is 2.55. The van der Waals surface area contributed by atoms with Crippen LogP contribution in [0.25, 0.3) is 10.9 Å². The van der Waals surface area contributed by atoms with E-state index in [0.29, 0.717) is 29.6 Å². The molecule has 2 aromatic rings. The molecule has 2 heterocycles. The second kappa shape index (κ2) is 5.55. The molecule has 0 bridgehead atoms. The molecule has 1 aliphatic rings. The third kappa shape index (κ3) is 3.04. The van der Waals surface area contributed by atoms with Gasteiger partial charge < -0.3 is 5.11 Å². The summed E-state index contributed by atoms with van der Waals surface area (Å²) in [6.07, 6.45) is 1.64. The van der Waals surface area contributed by atoms with E-state index in [1.54, 1.807) is 6.20 Å². The predicted octanol–water partition coefficient (Wildman–Crippen LogP) is 1.93. The van der Waals surface area contributed by atoms with Gasteiger partial charge in [-0.1, -0.05) is 6.07 Å². The van der Waals surface area contributed by atoms with E-state index >= 15 is 0 Å². The average Bonchev–Trinajstić information content (AvgIpc) is 2.47. The van der Waals surface area contributed by atoms with Gasteiger partial charge in [-0.25, -0.2) is 8.42 Å². The summed E-state index contributed by atoms with van der Waals surface area (Å²) in [5, 5.41) is 10.9.